The van der Waals surface area contributed by atoms with E-state index in [1.807, 2.05) is 6.92 Å². The van der Waals surface area contributed by atoms with Crippen molar-refractivity contribution in [1.82, 2.24) is 0 Å². The van der Waals surface area contributed by atoms with Crippen LogP contribution in [-0.4, -0.2) is 24.8 Å². The van der Waals surface area contributed by atoms with E-state index in [-0.39, 0.29) is 18.2 Å². The van der Waals surface area contributed by atoms with Crippen molar-refractivity contribution in [3.05, 3.63) is 12.7 Å². The van der Waals surface area contributed by atoms with Gasteiger partial charge in [-0.15, -0.1) is 0 Å². The number of ether oxygens (including phenoxy) is 2. The molecule has 0 spiro atoms. The Kier molecular flexibility index (Phi) is 3.48. The molecule has 0 aromatic rings. The van der Waals surface area contributed by atoms with Gasteiger partial charge in [0.15, 0.2) is 0 Å². The van der Waals surface area contributed by atoms with Crippen LogP contribution in [0.2, 0.25) is 0 Å². The first-order valence-corrected chi connectivity index (χ1v) is 4.58. The zero-order chi connectivity index (χ0) is 9.84. The van der Waals surface area contributed by atoms with Crippen LogP contribution in [0.1, 0.15) is 20.3 Å². The van der Waals surface area contributed by atoms with Gasteiger partial charge in [-0.05, 0) is 6.92 Å². The van der Waals surface area contributed by atoms with E-state index >= 15 is 0 Å². The summed E-state index contributed by atoms with van der Waals surface area (Å²) in [6.07, 6.45) is 2.13. The van der Waals surface area contributed by atoms with E-state index in [0.717, 1.165) is 13.0 Å². The molecule has 3 heteroatoms. The van der Waals surface area contributed by atoms with Crippen LogP contribution in [-0.2, 0) is 14.3 Å². The van der Waals surface area contributed by atoms with Crippen molar-refractivity contribution >= 4 is 5.97 Å². The Balaban J connectivity index is 2.20. The van der Waals surface area contributed by atoms with Gasteiger partial charge < -0.3 is 9.47 Å². The van der Waals surface area contributed by atoms with Gasteiger partial charge in [-0.2, -0.15) is 0 Å². The van der Waals surface area contributed by atoms with Crippen LogP contribution < -0.4 is 0 Å². The lowest BCUT2D eigenvalue weighted by Gasteiger charge is -2.35. The molecule has 1 rings (SSSR count). The summed E-state index contributed by atoms with van der Waals surface area (Å²) in [6.45, 7) is 8.17. The fourth-order valence-corrected chi connectivity index (χ4v) is 1.35. The second-order valence-corrected chi connectivity index (χ2v) is 3.54. The van der Waals surface area contributed by atoms with Crippen LogP contribution in [0.4, 0.5) is 0 Å². The van der Waals surface area contributed by atoms with Gasteiger partial charge in [0, 0.05) is 18.4 Å². The number of carbonyl (C=O) groups is 1. The molecule has 1 fully saturated rings. The molecule has 0 radical (unpaired) electrons. The molecule has 0 aromatic heterocycles. The van der Waals surface area contributed by atoms with E-state index in [2.05, 4.69) is 13.5 Å². The Labute approximate surface area is 78.7 Å². The average Bonchev–Trinajstić information content (AvgIpc) is 2.11. The van der Waals surface area contributed by atoms with Gasteiger partial charge in [-0.1, -0.05) is 13.5 Å². The highest BCUT2D eigenvalue weighted by molar-refractivity contribution is 5.81. The van der Waals surface area contributed by atoms with Crippen LogP contribution >= 0.6 is 0 Å². The first kappa shape index (κ1) is 10.3. The van der Waals surface area contributed by atoms with Gasteiger partial charge in [0.25, 0.3) is 0 Å². The van der Waals surface area contributed by atoms with Crippen molar-refractivity contribution < 1.29 is 14.3 Å². The van der Waals surface area contributed by atoms with Crippen molar-refractivity contribution in [2.45, 2.75) is 32.5 Å². The summed E-state index contributed by atoms with van der Waals surface area (Å²) in [4.78, 5) is 10.8. The molecule has 0 aliphatic carbocycles. The lowest BCUT2D eigenvalue weighted by Crippen LogP contribution is -2.40. The molecule has 0 saturated carbocycles. The van der Waals surface area contributed by atoms with Gasteiger partial charge >= 0.3 is 5.97 Å². The number of hydrogen-bond acceptors (Lipinski definition) is 3. The third kappa shape index (κ3) is 2.84. The number of hydrogen-bond donors (Lipinski definition) is 0. The summed E-state index contributed by atoms with van der Waals surface area (Å²) in [5.74, 6) is 0.226. The van der Waals surface area contributed by atoms with Crippen LogP contribution in [0.3, 0.4) is 0 Å². The normalized spacial score (nSPS) is 28.8. The summed E-state index contributed by atoms with van der Waals surface area (Å²) >= 11 is 0. The Morgan fingerprint density at radius 3 is 2.92 bits per heavy atom. The Hall–Kier alpha value is -0.830. The lowest BCUT2D eigenvalue weighted by molar-refractivity contribution is -0.152. The maximum Gasteiger partial charge on any atom is 0.330 e. The Bertz CT molecular complexity index is 200. The Morgan fingerprint density at radius 1 is 1.85 bits per heavy atom. The van der Waals surface area contributed by atoms with E-state index in [9.17, 15) is 4.79 Å². The van der Waals surface area contributed by atoms with Gasteiger partial charge in [-0.3, -0.25) is 0 Å². The van der Waals surface area contributed by atoms with E-state index in [1.165, 1.54) is 6.08 Å². The van der Waals surface area contributed by atoms with Crippen LogP contribution in [0.25, 0.3) is 0 Å². The van der Waals surface area contributed by atoms with Crippen molar-refractivity contribution in [2.75, 3.05) is 6.61 Å². The molecule has 0 amide bonds. The molecule has 3 nitrogen and oxygen atoms in total. The van der Waals surface area contributed by atoms with Crippen molar-refractivity contribution in [3.8, 4) is 0 Å². The summed E-state index contributed by atoms with van der Waals surface area (Å²) < 4.78 is 10.3. The highest BCUT2D eigenvalue weighted by Crippen LogP contribution is 2.24. The molecule has 0 bridgehead atoms. The number of esters is 1. The largest absolute Gasteiger partial charge is 0.459 e. The SMILES string of the molecule is C=CC(=O)OC(C)CC1OCC1C. The molecule has 74 valence electrons. The van der Waals surface area contributed by atoms with Crippen LogP contribution in [0.15, 0.2) is 12.7 Å². The van der Waals surface area contributed by atoms with Gasteiger partial charge in [0.2, 0.25) is 0 Å². The maximum atomic E-state index is 10.8. The van der Waals surface area contributed by atoms with Gasteiger partial charge in [-0.25, -0.2) is 4.79 Å². The lowest BCUT2D eigenvalue weighted by atomic mass is 9.95. The van der Waals surface area contributed by atoms with E-state index in [4.69, 9.17) is 9.47 Å². The summed E-state index contributed by atoms with van der Waals surface area (Å²) in [7, 11) is 0. The van der Waals surface area contributed by atoms with E-state index < -0.39 is 0 Å². The van der Waals surface area contributed by atoms with E-state index in [0.29, 0.717) is 5.92 Å². The minimum absolute atomic E-state index is 0.0850. The molecule has 3 atom stereocenters. The summed E-state index contributed by atoms with van der Waals surface area (Å²) in [6, 6.07) is 0. The minimum atomic E-state index is -0.362. The molecule has 1 saturated heterocycles. The molecule has 13 heavy (non-hydrogen) atoms. The van der Waals surface area contributed by atoms with Crippen LogP contribution in [0, 0.1) is 5.92 Å². The van der Waals surface area contributed by atoms with Crippen molar-refractivity contribution in [1.29, 1.82) is 0 Å². The zero-order valence-corrected chi connectivity index (χ0v) is 8.16. The third-order valence-electron chi connectivity index (χ3n) is 2.26. The third-order valence-corrected chi connectivity index (χ3v) is 2.26. The monoisotopic (exact) mass is 184 g/mol. The minimum Gasteiger partial charge on any atom is -0.459 e. The molecular formula is C10H16O3. The molecule has 1 aliphatic rings. The maximum absolute atomic E-state index is 10.8. The first-order valence-electron chi connectivity index (χ1n) is 4.58. The molecule has 1 aliphatic heterocycles. The highest BCUT2D eigenvalue weighted by atomic mass is 16.5. The van der Waals surface area contributed by atoms with Crippen molar-refractivity contribution in [2.24, 2.45) is 5.92 Å². The van der Waals surface area contributed by atoms with Crippen molar-refractivity contribution in [3.63, 3.8) is 0 Å². The predicted octanol–water partition coefficient (Wildman–Crippen LogP) is 1.53. The highest BCUT2D eigenvalue weighted by Gasteiger charge is 2.29. The fraction of sp³-hybridized carbons (Fsp3) is 0.700. The second-order valence-electron chi connectivity index (χ2n) is 3.54. The molecule has 0 N–H and O–H groups in total. The first-order chi connectivity index (χ1) is 6.13. The zero-order valence-electron chi connectivity index (χ0n) is 8.16. The van der Waals surface area contributed by atoms with Gasteiger partial charge in [0.1, 0.15) is 6.10 Å². The molecular weight excluding hydrogens is 168 g/mol. The summed E-state index contributed by atoms with van der Waals surface area (Å²) in [5, 5.41) is 0. The Morgan fingerprint density at radius 2 is 2.54 bits per heavy atom. The quantitative estimate of drug-likeness (QED) is 0.491. The van der Waals surface area contributed by atoms with Gasteiger partial charge in [0.05, 0.1) is 12.7 Å². The molecule has 3 unspecified atom stereocenters. The average molecular weight is 184 g/mol. The number of carbonyl (C=O) groups excluding carboxylic acids is 1. The standard InChI is InChI=1S/C10H16O3/c1-4-10(11)13-8(3)5-9-7(2)6-12-9/h4,7-9H,1,5-6H2,2-3H3. The summed E-state index contributed by atoms with van der Waals surface area (Å²) in [5.41, 5.74) is 0. The molecule has 0 aromatic carbocycles. The topological polar surface area (TPSA) is 35.5 Å². The second kappa shape index (κ2) is 4.42. The molecule has 1 heterocycles. The number of rotatable bonds is 4. The van der Waals surface area contributed by atoms with Crippen LogP contribution in [0.5, 0.6) is 0 Å². The smallest absolute Gasteiger partial charge is 0.330 e. The predicted molar refractivity (Wildman–Crippen MR) is 49.3 cm³/mol. The van der Waals surface area contributed by atoms with E-state index in [1.54, 1.807) is 0 Å². The fourth-order valence-electron chi connectivity index (χ4n) is 1.35.